The Morgan fingerprint density at radius 2 is 2.30 bits per heavy atom. The number of rotatable bonds is 3. The Morgan fingerprint density at radius 1 is 1.45 bits per heavy atom. The van der Waals surface area contributed by atoms with Crippen LogP contribution in [0.3, 0.4) is 0 Å². The van der Waals surface area contributed by atoms with E-state index in [1.807, 2.05) is 6.07 Å². The van der Waals surface area contributed by atoms with Crippen LogP contribution in [-0.2, 0) is 17.9 Å². The summed E-state index contributed by atoms with van der Waals surface area (Å²) in [6.45, 7) is 2.57. The molecule has 0 aromatic heterocycles. The summed E-state index contributed by atoms with van der Waals surface area (Å²) in [5.74, 6) is 0.0296. The molecule has 4 nitrogen and oxygen atoms in total. The summed E-state index contributed by atoms with van der Waals surface area (Å²) >= 11 is 0. The maximum atomic E-state index is 13.9. The van der Waals surface area contributed by atoms with E-state index in [4.69, 9.17) is 5.73 Å². The number of amides is 1. The van der Waals surface area contributed by atoms with Gasteiger partial charge in [-0.3, -0.25) is 9.69 Å². The Morgan fingerprint density at radius 3 is 3.10 bits per heavy atom. The molecule has 0 spiro atoms. The highest BCUT2D eigenvalue weighted by molar-refractivity contribution is 5.82. The molecule has 2 aliphatic heterocycles. The second kappa shape index (κ2) is 5.50. The normalized spacial score (nSPS) is 26.4. The van der Waals surface area contributed by atoms with E-state index >= 15 is 0 Å². The van der Waals surface area contributed by atoms with Crippen molar-refractivity contribution in [3.05, 3.63) is 35.1 Å². The lowest BCUT2D eigenvalue weighted by molar-refractivity contribution is -0.124. The number of benzene rings is 1. The van der Waals surface area contributed by atoms with Crippen LogP contribution in [0.1, 0.15) is 24.0 Å². The minimum absolute atomic E-state index is 0.0736. The zero-order valence-electron chi connectivity index (χ0n) is 11.4. The van der Waals surface area contributed by atoms with Gasteiger partial charge >= 0.3 is 0 Å². The predicted octanol–water partition coefficient (Wildman–Crippen LogP) is 0.995. The third-order valence-electron chi connectivity index (χ3n) is 4.44. The molecule has 2 heterocycles. The fraction of sp³-hybridized carbons (Fsp3) is 0.533. The second-order valence-electron chi connectivity index (χ2n) is 5.66. The van der Waals surface area contributed by atoms with Gasteiger partial charge in [0.2, 0.25) is 5.91 Å². The average Bonchev–Trinajstić information content (AvgIpc) is 2.84. The van der Waals surface area contributed by atoms with Gasteiger partial charge in [-0.15, -0.1) is 0 Å². The van der Waals surface area contributed by atoms with Crippen LogP contribution in [0.2, 0.25) is 0 Å². The molecular formula is C15H20FN3O. The number of nitrogens with zero attached hydrogens (tertiary/aromatic N) is 1. The van der Waals surface area contributed by atoms with Gasteiger partial charge < -0.3 is 11.1 Å². The molecule has 3 rings (SSSR count). The van der Waals surface area contributed by atoms with Gasteiger partial charge in [0, 0.05) is 31.2 Å². The molecule has 3 N–H and O–H groups in total. The number of hydrogen-bond donors (Lipinski definition) is 2. The van der Waals surface area contributed by atoms with Gasteiger partial charge in [0.1, 0.15) is 5.82 Å². The van der Waals surface area contributed by atoms with Crippen molar-refractivity contribution in [1.29, 1.82) is 0 Å². The van der Waals surface area contributed by atoms with Crippen molar-refractivity contribution < 1.29 is 9.18 Å². The van der Waals surface area contributed by atoms with Crippen LogP contribution in [0.15, 0.2) is 18.2 Å². The predicted molar refractivity (Wildman–Crippen MR) is 74.2 cm³/mol. The highest BCUT2D eigenvalue weighted by atomic mass is 19.1. The lowest BCUT2D eigenvalue weighted by Crippen LogP contribution is -2.45. The third-order valence-corrected chi connectivity index (χ3v) is 4.44. The summed E-state index contributed by atoms with van der Waals surface area (Å²) in [5, 5.41) is 2.92. The molecule has 0 aliphatic carbocycles. The van der Waals surface area contributed by atoms with Crippen LogP contribution >= 0.6 is 0 Å². The number of fused-ring (bicyclic) bond motifs is 1. The molecule has 2 unspecified atom stereocenters. The van der Waals surface area contributed by atoms with E-state index in [1.54, 1.807) is 6.07 Å². The van der Waals surface area contributed by atoms with Gasteiger partial charge in [0.05, 0.1) is 5.92 Å². The second-order valence-corrected chi connectivity index (χ2v) is 5.66. The molecule has 20 heavy (non-hydrogen) atoms. The molecule has 2 fully saturated rings. The van der Waals surface area contributed by atoms with E-state index in [-0.39, 0.29) is 23.7 Å². The number of nitrogens with two attached hydrogens (primary N) is 1. The summed E-state index contributed by atoms with van der Waals surface area (Å²) in [4.78, 5) is 14.0. The Bertz CT molecular complexity index is 520. The van der Waals surface area contributed by atoms with Gasteiger partial charge in [-0.2, -0.15) is 0 Å². The molecule has 1 aromatic rings. The summed E-state index contributed by atoms with van der Waals surface area (Å²) in [5.41, 5.74) is 7.23. The van der Waals surface area contributed by atoms with Crippen molar-refractivity contribution in [3.63, 3.8) is 0 Å². The molecular weight excluding hydrogens is 257 g/mol. The molecule has 1 amide bonds. The van der Waals surface area contributed by atoms with Crippen LogP contribution in [0.5, 0.6) is 0 Å². The van der Waals surface area contributed by atoms with Crippen molar-refractivity contribution in [2.75, 3.05) is 13.1 Å². The standard InChI is InChI=1S/C15H20FN3O/c16-13-4-3-10(7-17)6-11(13)9-19-5-1-2-12-14(19)8-18-15(12)20/h3-4,6,12,14H,1-2,5,7-9,17H2,(H,18,20). The molecule has 1 aromatic carbocycles. The molecule has 2 atom stereocenters. The van der Waals surface area contributed by atoms with Crippen molar-refractivity contribution in [1.82, 2.24) is 10.2 Å². The fourth-order valence-electron chi connectivity index (χ4n) is 3.33. The van der Waals surface area contributed by atoms with Crippen LogP contribution in [0.4, 0.5) is 4.39 Å². The number of hydrogen-bond acceptors (Lipinski definition) is 3. The van der Waals surface area contributed by atoms with Crippen LogP contribution < -0.4 is 11.1 Å². The van der Waals surface area contributed by atoms with E-state index < -0.39 is 0 Å². The van der Waals surface area contributed by atoms with Crippen molar-refractivity contribution >= 4 is 5.91 Å². The summed E-state index contributed by atoms with van der Waals surface area (Å²) in [7, 11) is 0. The Kier molecular flexibility index (Phi) is 3.72. The smallest absolute Gasteiger partial charge is 0.224 e. The van der Waals surface area contributed by atoms with Gasteiger partial charge in [-0.05, 0) is 31.0 Å². The van der Waals surface area contributed by atoms with Crippen LogP contribution in [0.25, 0.3) is 0 Å². The summed E-state index contributed by atoms with van der Waals surface area (Å²) < 4.78 is 13.9. The molecule has 0 bridgehead atoms. The minimum atomic E-state index is -0.193. The third kappa shape index (κ3) is 2.43. The maximum absolute atomic E-state index is 13.9. The number of carbonyl (C=O) groups excluding carboxylic acids is 1. The molecule has 5 heteroatoms. The summed E-state index contributed by atoms with van der Waals surface area (Å²) in [6, 6.07) is 5.25. The Hall–Kier alpha value is -1.46. The lowest BCUT2D eigenvalue weighted by Gasteiger charge is -2.36. The van der Waals surface area contributed by atoms with Crippen molar-refractivity contribution in [3.8, 4) is 0 Å². The lowest BCUT2D eigenvalue weighted by atomic mass is 9.91. The highest BCUT2D eigenvalue weighted by Crippen LogP contribution is 2.29. The van der Waals surface area contributed by atoms with Crippen LogP contribution in [-0.4, -0.2) is 29.9 Å². The maximum Gasteiger partial charge on any atom is 0.224 e. The fourth-order valence-corrected chi connectivity index (χ4v) is 3.33. The van der Waals surface area contributed by atoms with E-state index in [0.29, 0.717) is 25.2 Å². The van der Waals surface area contributed by atoms with Gasteiger partial charge in [-0.25, -0.2) is 4.39 Å². The van der Waals surface area contributed by atoms with Crippen LogP contribution in [0, 0.1) is 11.7 Å². The van der Waals surface area contributed by atoms with Crippen molar-refractivity contribution in [2.24, 2.45) is 11.7 Å². The quantitative estimate of drug-likeness (QED) is 0.866. The topological polar surface area (TPSA) is 58.4 Å². The largest absolute Gasteiger partial charge is 0.354 e. The van der Waals surface area contributed by atoms with Gasteiger partial charge in [-0.1, -0.05) is 12.1 Å². The number of piperidine rings is 1. The minimum Gasteiger partial charge on any atom is -0.354 e. The molecule has 0 radical (unpaired) electrons. The number of likely N-dealkylation sites (tertiary alicyclic amines) is 1. The van der Waals surface area contributed by atoms with E-state index in [9.17, 15) is 9.18 Å². The molecule has 0 saturated carbocycles. The first-order valence-electron chi connectivity index (χ1n) is 7.18. The first-order chi connectivity index (χ1) is 9.69. The zero-order valence-corrected chi connectivity index (χ0v) is 11.4. The average molecular weight is 277 g/mol. The first-order valence-corrected chi connectivity index (χ1v) is 7.18. The number of nitrogens with one attached hydrogen (secondary N) is 1. The number of halogens is 1. The van der Waals surface area contributed by atoms with E-state index in [0.717, 1.165) is 24.9 Å². The van der Waals surface area contributed by atoms with Gasteiger partial charge in [0.25, 0.3) is 0 Å². The molecule has 2 aliphatic rings. The SMILES string of the molecule is NCc1ccc(F)c(CN2CCCC3C(=O)NCC32)c1. The zero-order chi connectivity index (χ0) is 14.1. The van der Waals surface area contributed by atoms with E-state index in [1.165, 1.54) is 6.07 Å². The highest BCUT2D eigenvalue weighted by Gasteiger charge is 2.40. The monoisotopic (exact) mass is 277 g/mol. The Balaban J connectivity index is 1.78. The first kappa shape index (κ1) is 13.5. The van der Waals surface area contributed by atoms with Gasteiger partial charge in [0.15, 0.2) is 0 Å². The van der Waals surface area contributed by atoms with Crippen molar-refractivity contribution in [2.45, 2.75) is 32.0 Å². The summed E-state index contributed by atoms with van der Waals surface area (Å²) in [6.07, 6.45) is 1.94. The Labute approximate surface area is 118 Å². The molecule has 2 saturated heterocycles. The number of carbonyl (C=O) groups is 1. The molecule has 108 valence electrons. The van der Waals surface area contributed by atoms with E-state index in [2.05, 4.69) is 10.2 Å².